The Morgan fingerprint density at radius 3 is 2.85 bits per heavy atom. The second-order valence-electron chi connectivity index (χ2n) is 7.34. The van der Waals surface area contributed by atoms with E-state index in [0.29, 0.717) is 12.1 Å². The van der Waals surface area contributed by atoms with Crippen LogP contribution in [0.4, 0.5) is 5.69 Å². The fraction of sp³-hybridized carbons (Fsp3) is 0.667. The summed E-state index contributed by atoms with van der Waals surface area (Å²) < 4.78 is 0. The van der Waals surface area contributed by atoms with Crippen molar-refractivity contribution in [2.75, 3.05) is 5.73 Å². The maximum atomic E-state index is 5.90. The molecule has 2 nitrogen and oxygen atoms in total. The summed E-state index contributed by atoms with van der Waals surface area (Å²) in [6.45, 7) is 2.42. The topological polar surface area (TPSA) is 38.0 Å². The van der Waals surface area contributed by atoms with Gasteiger partial charge in [-0.25, -0.2) is 0 Å². The molecule has 0 aliphatic heterocycles. The van der Waals surface area contributed by atoms with E-state index in [4.69, 9.17) is 5.73 Å². The molecule has 2 bridgehead atoms. The Morgan fingerprint density at radius 1 is 1.20 bits per heavy atom. The number of nitrogens with two attached hydrogens (primary N) is 1. The first-order valence-corrected chi connectivity index (χ1v) is 8.35. The molecular formula is C18H26N2. The van der Waals surface area contributed by atoms with Crippen LogP contribution in [0.15, 0.2) is 18.2 Å². The molecular weight excluding hydrogens is 244 g/mol. The first-order valence-electron chi connectivity index (χ1n) is 8.35. The first kappa shape index (κ1) is 12.7. The van der Waals surface area contributed by atoms with Gasteiger partial charge in [0.1, 0.15) is 0 Å². The third-order valence-electron chi connectivity index (χ3n) is 6.14. The van der Waals surface area contributed by atoms with Crippen LogP contribution < -0.4 is 11.1 Å². The highest BCUT2D eigenvalue weighted by atomic mass is 15.0. The first-order chi connectivity index (χ1) is 9.70. The Hall–Kier alpha value is -1.02. The summed E-state index contributed by atoms with van der Waals surface area (Å²) in [5, 5.41) is 3.94. The molecule has 2 saturated carbocycles. The highest BCUT2D eigenvalue weighted by molar-refractivity contribution is 5.47. The number of fused-ring (bicyclic) bond motifs is 3. The number of rotatable bonds is 3. The molecule has 1 aromatic rings. The van der Waals surface area contributed by atoms with Gasteiger partial charge in [0.05, 0.1) is 0 Å². The van der Waals surface area contributed by atoms with Crippen molar-refractivity contribution >= 4 is 5.69 Å². The van der Waals surface area contributed by atoms with Crippen molar-refractivity contribution < 1.29 is 0 Å². The van der Waals surface area contributed by atoms with Crippen LogP contribution in [0.2, 0.25) is 0 Å². The fourth-order valence-corrected chi connectivity index (χ4v) is 5.16. The van der Waals surface area contributed by atoms with Crippen LogP contribution in [0.1, 0.15) is 56.2 Å². The van der Waals surface area contributed by atoms with E-state index in [-0.39, 0.29) is 0 Å². The van der Waals surface area contributed by atoms with Gasteiger partial charge in [-0.3, -0.25) is 0 Å². The predicted molar refractivity (Wildman–Crippen MR) is 83.5 cm³/mol. The second-order valence-corrected chi connectivity index (χ2v) is 7.34. The molecule has 3 aliphatic carbocycles. The molecule has 5 atom stereocenters. The van der Waals surface area contributed by atoms with E-state index in [0.717, 1.165) is 23.4 Å². The van der Waals surface area contributed by atoms with Crippen LogP contribution >= 0.6 is 0 Å². The maximum Gasteiger partial charge on any atom is 0.0328 e. The molecule has 0 radical (unpaired) electrons. The number of aryl methyl sites for hydroxylation is 1. The molecule has 0 aromatic heterocycles. The van der Waals surface area contributed by atoms with Gasteiger partial charge in [-0.05, 0) is 80.0 Å². The third-order valence-corrected chi connectivity index (χ3v) is 6.14. The van der Waals surface area contributed by atoms with Crippen molar-refractivity contribution in [2.24, 2.45) is 17.8 Å². The van der Waals surface area contributed by atoms with Crippen LogP contribution in [0.3, 0.4) is 0 Å². The van der Waals surface area contributed by atoms with Gasteiger partial charge in [0.25, 0.3) is 0 Å². The summed E-state index contributed by atoms with van der Waals surface area (Å²) in [5.41, 5.74) is 9.76. The molecule has 2 heteroatoms. The lowest BCUT2D eigenvalue weighted by atomic mass is 9.83. The van der Waals surface area contributed by atoms with Crippen molar-refractivity contribution in [3.63, 3.8) is 0 Å². The summed E-state index contributed by atoms with van der Waals surface area (Å²) in [5.74, 6) is 2.98. The lowest BCUT2D eigenvalue weighted by Crippen LogP contribution is -2.38. The molecule has 3 aliphatic rings. The predicted octanol–water partition coefficient (Wildman–Crippen LogP) is 3.67. The van der Waals surface area contributed by atoms with Gasteiger partial charge in [0.2, 0.25) is 0 Å². The van der Waals surface area contributed by atoms with Crippen LogP contribution in [0.5, 0.6) is 0 Å². The second kappa shape index (κ2) is 4.77. The Morgan fingerprint density at radius 2 is 2.10 bits per heavy atom. The summed E-state index contributed by atoms with van der Waals surface area (Å²) in [6.07, 6.45) is 8.39. The van der Waals surface area contributed by atoms with Crippen molar-refractivity contribution in [1.82, 2.24) is 5.32 Å². The number of benzene rings is 1. The Balaban J connectivity index is 1.46. The van der Waals surface area contributed by atoms with E-state index in [1.165, 1.54) is 49.7 Å². The van der Waals surface area contributed by atoms with E-state index < -0.39 is 0 Å². The highest BCUT2D eigenvalue weighted by Crippen LogP contribution is 2.50. The molecule has 20 heavy (non-hydrogen) atoms. The van der Waals surface area contributed by atoms with E-state index in [9.17, 15) is 0 Å². The molecule has 108 valence electrons. The number of nitrogens with one attached hydrogen (secondary N) is 1. The van der Waals surface area contributed by atoms with E-state index >= 15 is 0 Å². The third kappa shape index (κ3) is 2.05. The summed E-state index contributed by atoms with van der Waals surface area (Å²) in [4.78, 5) is 0. The van der Waals surface area contributed by atoms with Crippen LogP contribution in [0, 0.1) is 17.8 Å². The molecule has 1 aromatic carbocycles. The van der Waals surface area contributed by atoms with E-state index in [2.05, 4.69) is 30.4 Å². The molecule has 2 fully saturated rings. The minimum atomic E-state index is 0.555. The molecule has 0 saturated heterocycles. The molecule has 0 heterocycles. The van der Waals surface area contributed by atoms with Crippen LogP contribution in [-0.4, -0.2) is 6.04 Å². The van der Waals surface area contributed by atoms with Crippen molar-refractivity contribution in [2.45, 2.75) is 57.5 Å². The molecule has 4 rings (SSSR count). The fourth-order valence-electron chi connectivity index (χ4n) is 5.16. The minimum absolute atomic E-state index is 0.555. The number of anilines is 1. The van der Waals surface area contributed by atoms with Gasteiger partial charge in [-0.15, -0.1) is 0 Å². The molecule has 0 spiro atoms. The van der Waals surface area contributed by atoms with Gasteiger partial charge >= 0.3 is 0 Å². The zero-order valence-electron chi connectivity index (χ0n) is 12.4. The smallest absolute Gasteiger partial charge is 0.0328 e. The maximum absolute atomic E-state index is 5.90. The quantitative estimate of drug-likeness (QED) is 0.822. The zero-order valence-corrected chi connectivity index (χ0v) is 12.4. The molecule has 0 amide bonds. The normalized spacial score (nSPS) is 36.2. The largest absolute Gasteiger partial charge is 0.399 e. The van der Waals surface area contributed by atoms with Crippen LogP contribution in [-0.2, 0) is 6.42 Å². The van der Waals surface area contributed by atoms with Crippen molar-refractivity contribution in [1.29, 1.82) is 0 Å². The Kier molecular flexibility index (Phi) is 3.03. The summed E-state index contributed by atoms with van der Waals surface area (Å²) >= 11 is 0. The number of hydrogen-bond donors (Lipinski definition) is 2. The molecule has 3 N–H and O–H groups in total. The summed E-state index contributed by atoms with van der Waals surface area (Å²) in [7, 11) is 0. The van der Waals surface area contributed by atoms with Crippen molar-refractivity contribution in [3.8, 4) is 0 Å². The van der Waals surface area contributed by atoms with Gasteiger partial charge < -0.3 is 11.1 Å². The van der Waals surface area contributed by atoms with Crippen molar-refractivity contribution in [3.05, 3.63) is 29.3 Å². The number of nitrogen functional groups attached to an aromatic ring is 1. The standard InChI is InChI=1S/C18H26N2/c1-11(17-9-12-2-3-13(17)8-12)20-18-7-4-14-10-15(19)5-6-16(14)18/h5-6,10-13,17-18,20H,2-4,7-9,19H2,1H3. The SMILES string of the molecule is CC(NC1CCc2cc(N)ccc21)C1CC2CCC1C2. The highest BCUT2D eigenvalue weighted by Gasteiger charge is 2.42. The zero-order chi connectivity index (χ0) is 13.7. The van der Waals surface area contributed by atoms with Gasteiger partial charge in [-0.2, -0.15) is 0 Å². The van der Waals surface area contributed by atoms with Gasteiger partial charge in [0.15, 0.2) is 0 Å². The Bertz CT molecular complexity index is 510. The van der Waals surface area contributed by atoms with E-state index in [1.807, 2.05) is 0 Å². The average molecular weight is 270 g/mol. The van der Waals surface area contributed by atoms with Gasteiger partial charge in [0, 0.05) is 17.8 Å². The van der Waals surface area contributed by atoms with Crippen LogP contribution in [0.25, 0.3) is 0 Å². The van der Waals surface area contributed by atoms with E-state index in [1.54, 1.807) is 0 Å². The summed E-state index contributed by atoms with van der Waals surface area (Å²) in [6, 6.07) is 7.68. The average Bonchev–Trinajstić information content (AvgIpc) is 3.13. The molecule has 5 unspecified atom stereocenters. The van der Waals surface area contributed by atoms with Gasteiger partial charge in [-0.1, -0.05) is 12.5 Å². The number of hydrogen-bond acceptors (Lipinski definition) is 2. The lowest BCUT2D eigenvalue weighted by molar-refractivity contribution is 0.245. The monoisotopic (exact) mass is 270 g/mol. The Labute approximate surface area is 122 Å². The minimum Gasteiger partial charge on any atom is -0.399 e. The lowest BCUT2D eigenvalue weighted by Gasteiger charge is -2.31.